The summed E-state index contributed by atoms with van der Waals surface area (Å²) in [4.78, 5) is 9.82. The number of rotatable bonds is 5. The molecule has 0 bridgehead atoms. The predicted octanol–water partition coefficient (Wildman–Crippen LogP) is 1.30. The Morgan fingerprint density at radius 1 is 0.783 bits per heavy atom. The van der Waals surface area contributed by atoms with Crippen molar-refractivity contribution in [1.29, 1.82) is 0 Å². The quantitative estimate of drug-likeness (QED) is 0.757. The van der Waals surface area contributed by atoms with Crippen molar-refractivity contribution in [2.24, 2.45) is 0 Å². The molecule has 23 heavy (non-hydrogen) atoms. The van der Waals surface area contributed by atoms with Gasteiger partial charge in [-0.15, -0.1) is 0 Å². The van der Waals surface area contributed by atoms with Crippen LogP contribution >= 0.6 is 0 Å². The van der Waals surface area contributed by atoms with Crippen molar-refractivity contribution in [3.8, 4) is 0 Å². The second-order valence-corrected chi connectivity index (χ2v) is 7.52. The molecule has 0 radical (unpaired) electrons. The lowest BCUT2D eigenvalue weighted by Crippen LogP contribution is -2.50. The molecule has 138 valence electrons. The first kappa shape index (κ1) is 20.8. The van der Waals surface area contributed by atoms with E-state index in [0.717, 1.165) is 26.3 Å². The van der Waals surface area contributed by atoms with E-state index in [2.05, 4.69) is 61.4 Å². The first-order valence-corrected chi connectivity index (χ1v) is 9.33. The minimum Gasteiger partial charge on any atom is -0.379 e. The molecule has 2 aliphatic rings. The number of morpholine rings is 1. The van der Waals surface area contributed by atoms with Crippen LogP contribution in [0.15, 0.2) is 0 Å². The molecule has 0 aromatic carbocycles. The van der Waals surface area contributed by atoms with Crippen molar-refractivity contribution in [2.45, 2.75) is 39.8 Å². The molecule has 2 aliphatic heterocycles. The maximum absolute atomic E-state index is 5.21. The molecule has 2 heterocycles. The third-order valence-corrected chi connectivity index (χ3v) is 4.78. The molecule has 5 heteroatoms. The first-order chi connectivity index (χ1) is 10.9. The fourth-order valence-electron chi connectivity index (χ4n) is 2.94. The van der Waals surface area contributed by atoms with Crippen LogP contribution in [0.1, 0.15) is 27.7 Å². The maximum atomic E-state index is 5.21. The topological polar surface area (TPSA) is 22.2 Å². The van der Waals surface area contributed by atoms with Crippen LogP contribution in [-0.4, -0.2) is 111 Å². The standard InChI is InChI=1S/C11H25N3.C7H15NO/c1-11(2)14-9-7-13(8-10-14)6-5-12(3)4;1-7(2)8-3-5-9-6-4-8/h11H,5-10H2,1-4H3;7H,3-6H2,1-2H3. The summed E-state index contributed by atoms with van der Waals surface area (Å²) in [6, 6.07) is 1.40. The number of hydrogen-bond acceptors (Lipinski definition) is 5. The summed E-state index contributed by atoms with van der Waals surface area (Å²) >= 11 is 0. The lowest BCUT2D eigenvalue weighted by molar-refractivity contribution is 0.0238. The summed E-state index contributed by atoms with van der Waals surface area (Å²) in [5.74, 6) is 0. The normalized spacial score (nSPS) is 21.8. The van der Waals surface area contributed by atoms with Crippen molar-refractivity contribution < 1.29 is 4.74 Å². The highest BCUT2D eigenvalue weighted by atomic mass is 16.5. The zero-order valence-electron chi connectivity index (χ0n) is 16.4. The van der Waals surface area contributed by atoms with Gasteiger partial charge < -0.3 is 9.64 Å². The van der Waals surface area contributed by atoms with Crippen molar-refractivity contribution in [2.75, 3.05) is 79.7 Å². The average Bonchev–Trinajstić information content (AvgIpc) is 2.54. The van der Waals surface area contributed by atoms with Crippen LogP contribution < -0.4 is 0 Å². The first-order valence-electron chi connectivity index (χ1n) is 9.33. The molecule has 0 aromatic heterocycles. The summed E-state index contributed by atoms with van der Waals surface area (Å²) in [5, 5.41) is 0. The highest BCUT2D eigenvalue weighted by molar-refractivity contribution is 4.74. The number of piperazine rings is 1. The zero-order valence-corrected chi connectivity index (χ0v) is 16.4. The molecule has 0 spiro atoms. The van der Waals surface area contributed by atoms with Gasteiger partial charge in [-0.2, -0.15) is 0 Å². The summed E-state index contributed by atoms with van der Waals surface area (Å²) in [6.07, 6.45) is 0. The lowest BCUT2D eigenvalue weighted by atomic mass is 10.2. The van der Waals surface area contributed by atoms with E-state index < -0.39 is 0 Å². The molecule has 0 aliphatic carbocycles. The Morgan fingerprint density at radius 3 is 1.65 bits per heavy atom. The van der Waals surface area contributed by atoms with Gasteiger partial charge in [0.05, 0.1) is 13.2 Å². The number of likely N-dealkylation sites (N-methyl/N-ethyl adjacent to an activating group) is 1. The van der Waals surface area contributed by atoms with Gasteiger partial charge in [0.1, 0.15) is 0 Å². The molecule has 2 fully saturated rings. The Bertz CT molecular complexity index is 283. The Balaban J connectivity index is 0.000000253. The molecule has 2 rings (SSSR count). The summed E-state index contributed by atoms with van der Waals surface area (Å²) in [6.45, 7) is 20.4. The van der Waals surface area contributed by atoms with E-state index in [1.54, 1.807) is 0 Å². The van der Waals surface area contributed by atoms with Gasteiger partial charge in [-0.3, -0.25) is 14.7 Å². The molecule has 0 atom stereocenters. The van der Waals surface area contributed by atoms with Gasteiger partial charge in [-0.1, -0.05) is 0 Å². The smallest absolute Gasteiger partial charge is 0.0594 e. The third kappa shape index (κ3) is 9.01. The van der Waals surface area contributed by atoms with E-state index in [1.807, 2.05) is 0 Å². The van der Waals surface area contributed by atoms with Crippen LogP contribution in [0.4, 0.5) is 0 Å². The molecule has 0 amide bonds. The largest absolute Gasteiger partial charge is 0.379 e. The third-order valence-electron chi connectivity index (χ3n) is 4.78. The highest BCUT2D eigenvalue weighted by Gasteiger charge is 2.18. The molecule has 0 saturated carbocycles. The predicted molar refractivity (Wildman–Crippen MR) is 99.2 cm³/mol. The van der Waals surface area contributed by atoms with Gasteiger partial charge in [0, 0.05) is 64.4 Å². The SMILES string of the molecule is CC(C)N1CCN(CCN(C)C)CC1.CC(C)N1CCOCC1. The second-order valence-electron chi connectivity index (χ2n) is 7.52. The van der Waals surface area contributed by atoms with Crippen molar-refractivity contribution in [3.05, 3.63) is 0 Å². The van der Waals surface area contributed by atoms with Crippen LogP contribution in [0.5, 0.6) is 0 Å². The van der Waals surface area contributed by atoms with E-state index in [1.165, 1.54) is 39.3 Å². The molecule has 0 aromatic rings. The van der Waals surface area contributed by atoms with Crippen molar-refractivity contribution in [3.63, 3.8) is 0 Å². The minimum absolute atomic E-state index is 0.689. The number of ether oxygens (including phenoxy) is 1. The minimum atomic E-state index is 0.689. The molecule has 5 nitrogen and oxygen atoms in total. The van der Waals surface area contributed by atoms with Crippen LogP contribution in [0.2, 0.25) is 0 Å². The Kier molecular flexibility index (Phi) is 10.3. The van der Waals surface area contributed by atoms with E-state index in [9.17, 15) is 0 Å². The molecular weight excluding hydrogens is 288 g/mol. The fraction of sp³-hybridized carbons (Fsp3) is 1.00. The summed E-state index contributed by atoms with van der Waals surface area (Å²) in [7, 11) is 4.29. The summed E-state index contributed by atoms with van der Waals surface area (Å²) in [5.41, 5.74) is 0. The van der Waals surface area contributed by atoms with E-state index in [0.29, 0.717) is 12.1 Å². The van der Waals surface area contributed by atoms with Crippen LogP contribution in [0, 0.1) is 0 Å². The van der Waals surface area contributed by atoms with E-state index in [4.69, 9.17) is 4.74 Å². The van der Waals surface area contributed by atoms with Gasteiger partial charge in [0.15, 0.2) is 0 Å². The van der Waals surface area contributed by atoms with Crippen molar-refractivity contribution >= 4 is 0 Å². The maximum Gasteiger partial charge on any atom is 0.0594 e. The monoisotopic (exact) mass is 328 g/mol. The highest BCUT2D eigenvalue weighted by Crippen LogP contribution is 2.05. The van der Waals surface area contributed by atoms with Gasteiger partial charge in [-0.25, -0.2) is 0 Å². The zero-order chi connectivity index (χ0) is 17.2. The van der Waals surface area contributed by atoms with Crippen LogP contribution in [-0.2, 0) is 4.74 Å². The Morgan fingerprint density at radius 2 is 1.26 bits per heavy atom. The number of nitrogens with zero attached hydrogens (tertiary/aromatic N) is 4. The summed E-state index contributed by atoms with van der Waals surface area (Å²) < 4.78 is 5.21. The fourth-order valence-corrected chi connectivity index (χ4v) is 2.94. The van der Waals surface area contributed by atoms with E-state index in [-0.39, 0.29) is 0 Å². The number of hydrogen-bond donors (Lipinski definition) is 0. The molecule has 0 N–H and O–H groups in total. The molecule has 2 saturated heterocycles. The van der Waals surface area contributed by atoms with Gasteiger partial charge in [-0.05, 0) is 41.8 Å². The van der Waals surface area contributed by atoms with E-state index >= 15 is 0 Å². The average molecular weight is 329 g/mol. The second kappa shape index (κ2) is 11.4. The molecule has 0 unspecified atom stereocenters. The van der Waals surface area contributed by atoms with Gasteiger partial charge in [0.2, 0.25) is 0 Å². The lowest BCUT2D eigenvalue weighted by Gasteiger charge is -2.37. The Hall–Kier alpha value is -0.200. The van der Waals surface area contributed by atoms with Crippen LogP contribution in [0.25, 0.3) is 0 Å². The Labute approximate surface area is 144 Å². The molecular formula is C18H40N4O. The van der Waals surface area contributed by atoms with Crippen LogP contribution in [0.3, 0.4) is 0 Å². The van der Waals surface area contributed by atoms with Crippen molar-refractivity contribution in [1.82, 2.24) is 19.6 Å². The van der Waals surface area contributed by atoms with Gasteiger partial charge >= 0.3 is 0 Å². The van der Waals surface area contributed by atoms with Gasteiger partial charge in [0.25, 0.3) is 0 Å².